The number of nitrogens with one attached hydrogen (secondary N) is 2. The number of carbonyl (C=O) groups excluding carboxylic acids is 1. The first-order valence-corrected chi connectivity index (χ1v) is 8.98. The summed E-state index contributed by atoms with van der Waals surface area (Å²) in [4.78, 5) is 14.1. The van der Waals surface area contributed by atoms with Crippen LogP contribution < -0.4 is 15.5 Å². The van der Waals surface area contributed by atoms with Crippen molar-refractivity contribution < 1.29 is 4.79 Å². The Hall–Kier alpha value is -1.82. The summed E-state index contributed by atoms with van der Waals surface area (Å²) in [5, 5.41) is 7.70. The molecule has 2 N–H and O–H groups in total. The van der Waals surface area contributed by atoms with Crippen LogP contribution in [0.25, 0.3) is 0 Å². The molecule has 0 saturated carbocycles. The van der Waals surface area contributed by atoms with Crippen molar-refractivity contribution in [2.75, 3.05) is 16.8 Å². The molecular weight excluding hydrogens is 377 g/mol. The number of benzene rings is 2. The van der Waals surface area contributed by atoms with Crippen molar-refractivity contribution in [3.8, 4) is 0 Å². The Kier molecular flexibility index (Phi) is 5.47. The van der Waals surface area contributed by atoms with Crippen molar-refractivity contribution in [2.24, 2.45) is 0 Å². The minimum absolute atomic E-state index is 0.0632. The highest BCUT2D eigenvalue weighted by Gasteiger charge is 2.31. The van der Waals surface area contributed by atoms with E-state index in [2.05, 4.69) is 10.6 Å². The molecule has 1 atom stereocenters. The summed E-state index contributed by atoms with van der Waals surface area (Å²) in [7, 11) is 0. The van der Waals surface area contributed by atoms with Gasteiger partial charge in [-0.1, -0.05) is 40.9 Å². The van der Waals surface area contributed by atoms with Gasteiger partial charge in [0.05, 0.1) is 16.8 Å². The van der Waals surface area contributed by atoms with E-state index in [0.717, 1.165) is 11.3 Å². The predicted molar refractivity (Wildman–Crippen MR) is 108 cm³/mol. The number of amides is 1. The van der Waals surface area contributed by atoms with Gasteiger partial charge in [0.15, 0.2) is 5.11 Å². The summed E-state index contributed by atoms with van der Waals surface area (Å²) in [6, 6.07) is 13.0. The van der Waals surface area contributed by atoms with Crippen LogP contribution in [0, 0.1) is 6.92 Å². The summed E-state index contributed by atoms with van der Waals surface area (Å²) in [5.74, 6) is 0.0740. The first-order chi connectivity index (χ1) is 11.9. The van der Waals surface area contributed by atoms with E-state index in [-0.39, 0.29) is 11.9 Å². The Morgan fingerprint density at radius 1 is 1.20 bits per heavy atom. The SMILES string of the molecule is Cc1ccc(N2CC(NC(=S)Nc3cc(Cl)ccc3Cl)CC2=O)cc1. The van der Waals surface area contributed by atoms with Gasteiger partial charge in [0.25, 0.3) is 0 Å². The second-order valence-corrected chi connectivity index (χ2v) is 7.22. The standard InChI is InChI=1S/C18H17Cl2N3OS/c1-11-2-5-14(6-3-11)23-10-13(9-17(23)24)21-18(25)22-16-8-12(19)4-7-15(16)20/h2-8,13H,9-10H2,1H3,(H2,21,22,25). The number of rotatable bonds is 3. The minimum Gasteiger partial charge on any atom is -0.357 e. The van der Waals surface area contributed by atoms with Crippen molar-refractivity contribution in [1.82, 2.24) is 5.32 Å². The third kappa shape index (κ3) is 4.42. The molecule has 0 bridgehead atoms. The monoisotopic (exact) mass is 393 g/mol. The lowest BCUT2D eigenvalue weighted by Crippen LogP contribution is -2.39. The number of nitrogens with zero attached hydrogens (tertiary/aromatic N) is 1. The number of anilines is 2. The van der Waals surface area contributed by atoms with Crippen LogP contribution in [0.15, 0.2) is 42.5 Å². The number of hydrogen-bond acceptors (Lipinski definition) is 2. The van der Waals surface area contributed by atoms with Gasteiger partial charge >= 0.3 is 0 Å². The highest BCUT2D eigenvalue weighted by molar-refractivity contribution is 7.80. The number of hydrogen-bond donors (Lipinski definition) is 2. The molecular formula is C18H17Cl2N3OS. The summed E-state index contributed by atoms with van der Waals surface area (Å²) in [5.41, 5.74) is 2.69. The fourth-order valence-corrected chi connectivity index (χ4v) is 3.33. The van der Waals surface area contributed by atoms with Crippen molar-refractivity contribution >= 4 is 57.8 Å². The van der Waals surface area contributed by atoms with Crippen molar-refractivity contribution in [1.29, 1.82) is 0 Å². The summed E-state index contributed by atoms with van der Waals surface area (Å²) in [6.07, 6.45) is 0.388. The average molecular weight is 394 g/mol. The lowest BCUT2D eigenvalue weighted by molar-refractivity contribution is -0.117. The number of carbonyl (C=O) groups is 1. The van der Waals surface area contributed by atoms with Crippen LogP contribution >= 0.6 is 35.4 Å². The molecule has 0 radical (unpaired) electrons. The van der Waals surface area contributed by atoms with Crippen LogP contribution in [0.5, 0.6) is 0 Å². The Morgan fingerprint density at radius 3 is 2.64 bits per heavy atom. The van der Waals surface area contributed by atoms with Crippen LogP contribution in [-0.4, -0.2) is 23.6 Å². The van der Waals surface area contributed by atoms with E-state index >= 15 is 0 Å². The molecule has 1 aliphatic heterocycles. The lowest BCUT2D eigenvalue weighted by atomic mass is 10.2. The van der Waals surface area contributed by atoms with Gasteiger partial charge in [-0.05, 0) is 49.5 Å². The Morgan fingerprint density at radius 2 is 1.92 bits per heavy atom. The maximum atomic E-state index is 12.3. The van der Waals surface area contributed by atoms with Gasteiger partial charge in [0, 0.05) is 23.7 Å². The molecule has 25 heavy (non-hydrogen) atoms. The van der Waals surface area contributed by atoms with E-state index in [0.29, 0.717) is 33.8 Å². The normalized spacial score (nSPS) is 16.8. The Bertz CT molecular complexity index is 810. The van der Waals surface area contributed by atoms with Crippen molar-refractivity contribution in [2.45, 2.75) is 19.4 Å². The summed E-state index contributed by atoms with van der Waals surface area (Å²) in [6.45, 7) is 2.58. The maximum Gasteiger partial charge on any atom is 0.229 e. The van der Waals surface area contributed by atoms with Gasteiger partial charge in [-0.3, -0.25) is 4.79 Å². The molecule has 1 heterocycles. The van der Waals surface area contributed by atoms with Gasteiger partial charge in [-0.15, -0.1) is 0 Å². The number of halogens is 2. The molecule has 1 aliphatic rings. The Balaban J connectivity index is 1.62. The fourth-order valence-electron chi connectivity index (χ4n) is 2.72. The second kappa shape index (κ2) is 7.60. The van der Waals surface area contributed by atoms with Gasteiger partial charge in [-0.2, -0.15) is 0 Å². The zero-order valence-corrected chi connectivity index (χ0v) is 15.9. The highest BCUT2D eigenvalue weighted by Crippen LogP contribution is 2.26. The Labute approximate surface area is 162 Å². The molecule has 3 rings (SSSR count). The zero-order valence-electron chi connectivity index (χ0n) is 13.6. The van der Waals surface area contributed by atoms with Crippen LogP contribution in [-0.2, 0) is 4.79 Å². The van der Waals surface area contributed by atoms with Crippen molar-refractivity contribution in [3.05, 3.63) is 58.1 Å². The highest BCUT2D eigenvalue weighted by atomic mass is 35.5. The van der Waals surface area contributed by atoms with E-state index < -0.39 is 0 Å². The first kappa shape index (κ1) is 18.0. The lowest BCUT2D eigenvalue weighted by Gasteiger charge is -2.19. The zero-order chi connectivity index (χ0) is 18.0. The largest absolute Gasteiger partial charge is 0.357 e. The molecule has 1 amide bonds. The van der Waals surface area contributed by atoms with Crippen molar-refractivity contribution in [3.63, 3.8) is 0 Å². The quantitative estimate of drug-likeness (QED) is 0.758. The van der Waals surface area contributed by atoms with Gasteiger partial charge in [0.1, 0.15) is 0 Å². The molecule has 1 fully saturated rings. The molecule has 1 saturated heterocycles. The third-order valence-electron chi connectivity index (χ3n) is 3.98. The molecule has 1 unspecified atom stereocenters. The van der Waals surface area contributed by atoms with E-state index in [9.17, 15) is 4.79 Å². The third-order valence-corrected chi connectivity index (χ3v) is 4.77. The molecule has 130 valence electrons. The van der Waals surface area contributed by atoms with E-state index in [1.165, 1.54) is 0 Å². The topological polar surface area (TPSA) is 44.4 Å². The van der Waals surface area contributed by atoms with Gasteiger partial charge in [-0.25, -0.2) is 0 Å². The first-order valence-electron chi connectivity index (χ1n) is 7.82. The minimum atomic E-state index is -0.0632. The second-order valence-electron chi connectivity index (χ2n) is 5.96. The molecule has 4 nitrogen and oxygen atoms in total. The van der Waals surface area contributed by atoms with Crippen LogP contribution in [0.4, 0.5) is 11.4 Å². The molecule has 0 spiro atoms. The number of thiocarbonyl (C=S) groups is 1. The molecule has 2 aromatic rings. The van der Waals surface area contributed by atoms with Crippen LogP contribution in [0.2, 0.25) is 10.0 Å². The number of aryl methyl sites for hydroxylation is 1. The van der Waals surface area contributed by atoms with E-state index in [1.807, 2.05) is 31.2 Å². The molecule has 2 aromatic carbocycles. The smallest absolute Gasteiger partial charge is 0.229 e. The maximum absolute atomic E-state index is 12.3. The van der Waals surface area contributed by atoms with Gasteiger partial charge in [0.2, 0.25) is 5.91 Å². The van der Waals surface area contributed by atoms with E-state index in [1.54, 1.807) is 23.1 Å². The predicted octanol–water partition coefficient (Wildman–Crippen LogP) is 4.39. The summed E-state index contributed by atoms with van der Waals surface area (Å²) < 4.78 is 0. The van der Waals surface area contributed by atoms with Gasteiger partial charge < -0.3 is 15.5 Å². The average Bonchev–Trinajstić information content (AvgIpc) is 2.92. The fraction of sp³-hybridized carbons (Fsp3) is 0.222. The molecule has 0 aromatic heterocycles. The summed E-state index contributed by atoms with van der Waals surface area (Å²) >= 11 is 17.4. The molecule has 7 heteroatoms. The molecule has 0 aliphatic carbocycles. The van der Waals surface area contributed by atoms with Crippen LogP contribution in [0.1, 0.15) is 12.0 Å². The van der Waals surface area contributed by atoms with E-state index in [4.69, 9.17) is 35.4 Å². The van der Waals surface area contributed by atoms with Crippen LogP contribution in [0.3, 0.4) is 0 Å².